The van der Waals surface area contributed by atoms with Gasteiger partial charge in [-0.1, -0.05) is 47.5 Å². The van der Waals surface area contributed by atoms with Crippen LogP contribution in [0.3, 0.4) is 0 Å². The number of ether oxygens (including phenoxy) is 1. The van der Waals surface area contributed by atoms with Gasteiger partial charge in [0.25, 0.3) is 5.91 Å². The van der Waals surface area contributed by atoms with Crippen molar-refractivity contribution < 1.29 is 17.9 Å². The number of morpholine rings is 1. The fraction of sp³-hybridized carbons (Fsp3) is 0.381. The average molecular weight is 469 g/mol. The molecule has 1 atom stereocenters. The van der Waals surface area contributed by atoms with Crippen LogP contribution >= 0.6 is 23.2 Å². The number of carbonyl (C=O) groups excluding carboxylic acids is 1. The molecule has 2 aliphatic rings. The van der Waals surface area contributed by atoms with Gasteiger partial charge in [-0.15, -0.1) is 0 Å². The molecule has 1 unspecified atom stereocenters. The van der Waals surface area contributed by atoms with E-state index in [1.165, 1.54) is 15.9 Å². The van der Waals surface area contributed by atoms with E-state index in [1.54, 1.807) is 23.1 Å². The van der Waals surface area contributed by atoms with Gasteiger partial charge in [0.1, 0.15) is 11.0 Å². The first-order chi connectivity index (χ1) is 14.3. The van der Waals surface area contributed by atoms with Crippen LogP contribution in [-0.2, 0) is 26.0 Å². The Hall–Kier alpha value is -1.64. The summed E-state index contributed by atoms with van der Waals surface area (Å²) >= 11 is 12.0. The number of rotatable bonds is 5. The largest absolute Gasteiger partial charge is 0.366 e. The summed E-state index contributed by atoms with van der Waals surface area (Å²) in [7, 11) is -3.79. The zero-order valence-corrected chi connectivity index (χ0v) is 18.5. The van der Waals surface area contributed by atoms with Crippen molar-refractivity contribution in [1.29, 1.82) is 0 Å². The number of likely N-dealkylation sites (tertiary alicyclic amines) is 1. The number of hydrogen-bond acceptors (Lipinski definition) is 4. The van der Waals surface area contributed by atoms with E-state index in [1.807, 2.05) is 24.3 Å². The van der Waals surface area contributed by atoms with Crippen LogP contribution in [0, 0.1) is 5.92 Å². The number of hydrogen-bond donors (Lipinski definition) is 0. The third-order valence-electron chi connectivity index (χ3n) is 5.47. The molecule has 2 aromatic carbocycles. The number of nitrogens with zero attached hydrogens (tertiary/aromatic N) is 2. The number of sulfonamides is 1. The molecule has 2 aliphatic heterocycles. The molecule has 0 bridgehead atoms. The maximum absolute atomic E-state index is 13.0. The van der Waals surface area contributed by atoms with Crippen molar-refractivity contribution in [3.63, 3.8) is 0 Å². The summed E-state index contributed by atoms with van der Waals surface area (Å²) in [6.07, 6.45) is 0.0759. The third-order valence-corrected chi connectivity index (χ3v) is 8.08. The van der Waals surface area contributed by atoms with Crippen molar-refractivity contribution in [3.05, 3.63) is 64.1 Å². The lowest BCUT2D eigenvalue weighted by molar-refractivity contribution is -0.153. The van der Waals surface area contributed by atoms with Crippen LogP contribution in [0.4, 0.5) is 0 Å². The molecule has 0 radical (unpaired) electrons. The minimum absolute atomic E-state index is 0.00919. The first-order valence-electron chi connectivity index (χ1n) is 9.74. The Morgan fingerprint density at radius 3 is 2.43 bits per heavy atom. The standard InChI is InChI=1S/C21H22Cl2N2O4S/c22-17-7-5-15(6-8-17)11-16-12-24(13-16)21(26)19-14-25(9-10-29-19)30(27,28)20-4-2-1-3-18(20)23/h1-8,16,19H,9-14H2. The maximum Gasteiger partial charge on any atom is 0.253 e. The Balaban J connectivity index is 1.35. The van der Waals surface area contributed by atoms with E-state index in [9.17, 15) is 13.2 Å². The topological polar surface area (TPSA) is 66.9 Å². The molecule has 2 aromatic rings. The summed E-state index contributed by atoms with van der Waals surface area (Å²) in [6, 6.07) is 14.0. The van der Waals surface area contributed by atoms with Crippen LogP contribution in [0.1, 0.15) is 5.56 Å². The molecular weight excluding hydrogens is 447 g/mol. The van der Waals surface area contributed by atoms with E-state index in [2.05, 4.69) is 0 Å². The van der Waals surface area contributed by atoms with E-state index >= 15 is 0 Å². The molecule has 0 saturated carbocycles. The van der Waals surface area contributed by atoms with Crippen molar-refractivity contribution in [1.82, 2.24) is 9.21 Å². The van der Waals surface area contributed by atoms with Gasteiger partial charge in [0.05, 0.1) is 11.6 Å². The summed E-state index contributed by atoms with van der Waals surface area (Å²) in [5.41, 5.74) is 1.18. The minimum atomic E-state index is -3.79. The molecule has 0 N–H and O–H groups in total. The lowest BCUT2D eigenvalue weighted by Gasteiger charge is -2.42. The van der Waals surface area contributed by atoms with Gasteiger partial charge in [0, 0.05) is 31.2 Å². The van der Waals surface area contributed by atoms with E-state index < -0.39 is 16.1 Å². The van der Waals surface area contributed by atoms with Crippen molar-refractivity contribution >= 4 is 39.1 Å². The zero-order valence-electron chi connectivity index (χ0n) is 16.2. The molecule has 9 heteroatoms. The van der Waals surface area contributed by atoms with Gasteiger partial charge in [-0.25, -0.2) is 8.42 Å². The Bertz CT molecular complexity index is 1020. The smallest absolute Gasteiger partial charge is 0.253 e. The molecule has 0 aliphatic carbocycles. The highest BCUT2D eigenvalue weighted by atomic mass is 35.5. The van der Waals surface area contributed by atoms with Crippen LogP contribution in [-0.4, -0.2) is 62.4 Å². The lowest BCUT2D eigenvalue weighted by atomic mass is 9.91. The highest BCUT2D eigenvalue weighted by Crippen LogP contribution is 2.27. The Morgan fingerprint density at radius 2 is 1.73 bits per heavy atom. The molecule has 1 amide bonds. The Morgan fingerprint density at radius 1 is 1.03 bits per heavy atom. The second kappa shape index (κ2) is 8.85. The molecule has 30 heavy (non-hydrogen) atoms. The molecule has 0 aromatic heterocycles. The number of benzene rings is 2. The molecule has 2 heterocycles. The zero-order chi connectivity index (χ0) is 21.3. The fourth-order valence-electron chi connectivity index (χ4n) is 3.82. The lowest BCUT2D eigenvalue weighted by Crippen LogP contribution is -2.58. The van der Waals surface area contributed by atoms with Crippen molar-refractivity contribution in [2.24, 2.45) is 5.92 Å². The molecule has 6 nitrogen and oxygen atoms in total. The van der Waals surface area contributed by atoms with Crippen molar-refractivity contribution in [3.8, 4) is 0 Å². The van der Waals surface area contributed by atoms with Gasteiger partial charge in [-0.05, 0) is 42.2 Å². The first kappa shape index (κ1) is 21.6. The molecule has 0 spiro atoms. The summed E-state index contributed by atoms with van der Waals surface area (Å²) < 4.78 is 32.8. The first-order valence-corrected chi connectivity index (χ1v) is 11.9. The van der Waals surface area contributed by atoms with Crippen molar-refractivity contribution in [2.45, 2.75) is 17.4 Å². The van der Waals surface area contributed by atoms with E-state index in [4.69, 9.17) is 27.9 Å². The number of amides is 1. The van der Waals surface area contributed by atoms with Crippen LogP contribution in [0.15, 0.2) is 53.4 Å². The molecule has 160 valence electrons. The molecule has 4 rings (SSSR count). The highest BCUT2D eigenvalue weighted by molar-refractivity contribution is 7.89. The minimum Gasteiger partial charge on any atom is -0.366 e. The summed E-state index contributed by atoms with van der Waals surface area (Å²) in [5.74, 6) is 0.211. The van der Waals surface area contributed by atoms with Crippen LogP contribution < -0.4 is 0 Å². The third kappa shape index (κ3) is 4.50. The Labute approximate surface area is 186 Å². The van der Waals surface area contributed by atoms with Crippen LogP contribution in [0.5, 0.6) is 0 Å². The van der Waals surface area contributed by atoms with E-state index in [0.717, 1.165) is 6.42 Å². The van der Waals surface area contributed by atoms with Gasteiger partial charge in [-0.3, -0.25) is 4.79 Å². The summed E-state index contributed by atoms with van der Waals surface area (Å²) in [6.45, 7) is 1.63. The van der Waals surface area contributed by atoms with E-state index in [-0.39, 0.29) is 35.5 Å². The average Bonchev–Trinajstić information content (AvgIpc) is 2.71. The normalized spacial score (nSPS) is 20.7. The predicted molar refractivity (Wildman–Crippen MR) is 115 cm³/mol. The molecule has 2 saturated heterocycles. The molecule has 2 fully saturated rings. The highest BCUT2D eigenvalue weighted by Gasteiger charge is 2.40. The second-order valence-corrected chi connectivity index (χ2v) is 10.3. The monoisotopic (exact) mass is 468 g/mol. The van der Waals surface area contributed by atoms with Gasteiger partial charge >= 0.3 is 0 Å². The van der Waals surface area contributed by atoms with E-state index in [0.29, 0.717) is 24.0 Å². The van der Waals surface area contributed by atoms with Gasteiger partial charge < -0.3 is 9.64 Å². The number of halogens is 2. The summed E-state index contributed by atoms with van der Waals surface area (Å²) in [5, 5.41) is 0.870. The number of carbonyl (C=O) groups is 1. The Kier molecular flexibility index (Phi) is 6.36. The van der Waals surface area contributed by atoms with Gasteiger partial charge in [0.15, 0.2) is 0 Å². The quantitative estimate of drug-likeness (QED) is 0.675. The van der Waals surface area contributed by atoms with Crippen molar-refractivity contribution in [2.75, 3.05) is 32.8 Å². The second-order valence-electron chi connectivity index (χ2n) is 7.59. The fourth-order valence-corrected chi connectivity index (χ4v) is 5.87. The van der Waals surface area contributed by atoms with Gasteiger partial charge in [0.2, 0.25) is 10.0 Å². The predicted octanol–water partition coefficient (Wildman–Crippen LogP) is 3.08. The maximum atomic E-state index is 13.0. The molecular formula is C21H22Cl2N2O4S. The summed E-state index contributed by atoms with van der Waals surface area (Å²) in [4.78, 5) is 14.6. The SMILES string of the molecule is O=C(C1CN(S(=O)(=O)c2ccccc2Cl)CCO1)N1CC(Cc2ccc(Cl)cc2)C1. The van der Waals surface area contributed by atoms with Gasteiger partial charge in [-0.2, -0.15) is 4.31 Å². The van der Waals surface area contributed by atoms with Crippen LogP contribution in [0.2, 0.25) is 10.0 Å². The van der Waals surface area contributed by atoms with Crippen LogP contribution in [0.25, 0.3) is 0 Å².